The Balaban J connectivity index is 1.71. The number of carbonyl (C=O) groups is 1. The van der Waals surface area contributed by atoms with Crippen LogP contribution in [0.5, 0.6) is 0 Å². The molecule has 140 valence electrons. The zero-order chi connectivity index (χ0) is 19.6. The third kappa shape index (κ3) is 4.58. The van der Waals surface area contributed by atoms with Crippen LogP contribution in [0.25, 0.3) is 11.7 Å². The molecule has 0 aliphatic carbocycles. The first kappa shape index (κ1) is 19.2. The zero-order valence-corrected chi connectivity index (χ0v) is 15.0. The first-order valence-corrected chi connectivity index (χ1v) is 8.31. The Hall–Kier alpha value is -2.58. The molecule has 5 nitrogen and oxygen atoms in total. The summed E-state index contributed by atoms with van der Waals surface area (Å²) in [5.74, 6) is -0.299. The second kappa shape index (κ2) is 7.58. The van der Waals surface area contributed by atoms with Crippen LogP contribution in [0.3, 0.4) is 0 Å². The Kier molecular flexibility index (Phi) is 5.38. The standard InChI is InChI=1S/C17H11Cl2F3N4O/c18-12-4-1-10(13(19)7-12)2-6-16(27)23-8-15-25-24-14-5-3-11(9-26(14)15)17(20,21)22/h1-7,9H,8H2,(H,23,27)/b6-2+. The Morgan fingerprint density at radius 1 is 1.19 bits per heavy atom. The number of aromatic nitrogens is 3. The summed E-state index contributed by atoms with van der Waals surface area (Å²) in [6, 6.07) is 6.96. The van der Waals surface area contributed by atoms with Gasteiger partial charge < -0.3 is 5.32 Å². The van der Waals surface area contributed by atoms with Gasteiger partial charge in [0.15, 0.2) is 11.5 Å². The molecular weight excluding hydrogens is 404 g/mol. The summed E-state index contributed by atoms with van der Waals surface area (Å²) in [5, 5.41) is 11.0. The Morgan fingerprint density at radius 2 is 1.96 bits per heavy atom. The van der Waals surface area contributed by atoms with Gasteiger partial charge in [-0.3, -0.25) is 9.20 Å². The molecule has 3 aromatic rings. The molecule has 1 amide bonds. The van der Waals surface area contributed by atoms with Crippen LogP contribution >= 0.6 is 23.2 Å². The van der Waals surface area contributed by atoms with Gasteiger partial charge >= 0.3 is 6.18 Å². The maximum Gasteiger partial charge on any atom is 0.417 e. The molecule has 0 aliphatic heterocycles. The number of benzene rings is 1. The summed E-state index contributed by atoms with van der Waals surface area (Å²) in [6.07, 6.45) is -0.850. The van der Waals surface area contributed by atoms with E-state index in [0.717, 1.165) is 12.3 Å². The third-order valence-electron chi connectivity index (χ3n) is 3.60. The van der Waals surface area contributed by atoms with Crippen LogP contribution in [-0.4, -0.2) is 20.5 Å². The summed E-state index contributed by atoms with van der Waals surface area (Å²) >= 11 is 11.8. The monoisotopic (exact) mass is 414 g/mol. The van der Waals surface area contributed by atoms with Gasteiger partial charge in [0.05, 0.1) is 12.1 Å². The molecule has 0 saturated carbocycles. The molecule has 1 aromatic carbocycles. The molecular formula is C17H11Cl2F3N4O. The van der Waals surface area contributed by atoms with Crippen molar-refractivity contribution in [1.29, 1.82) is 0 Å². The summed E-state index contributed by atoms with van der Waals surface area (Å²) in [5.41, 5.74) is 0.00866. The molecule has 0 fully saturated rings. The molecule has 0 bridgehead atoms. The van der Waals surface area contributed by atoms with Crippen molar-refractivity contribution >= 4 is 40.8 Å². The minimum absolute atomic E-state index is 0.0972. The van der Waals surface area contributed by atoms with Crippen molar-refractivity contribution < 1.29 is 18.0 Å². The average Bonchev–Trinajstić information content (AvgIpc) is 3.00. The second-order valence-corrected chi connectivity index (χ2v) is 6.32. The van der Waals surface area contributed by atoms with Crippen LogP contribution in [0.15, 0.2) is 42.6 Å². The molecule has 0 spiro atoms. The highest BCUT2D eigenvalue weighted by Gasteiger charge is 2.31. The highest BCUT2D eigenvalue weighted by atomic mass is 35.5. The molecule has 0 unspecified atom stereocenters. The van der Waals surface area contributed by atoms with Crippen LogP contribution in [0, 0.1) is 0 Å². The molecule has 2 aromatic heterocycles. The quantitative estimate of drug-likeness (QED) is 0.644. The number of nitrogens with one attached hydrogen (secondary N) is 1. The molecule has 3 rings (SSSR count). The lowest BCUT2D eigenvalue weighted by Crippen LogP contribution is -2.21. The van der Waals surface area contributed by atoms with E-state index in [0.29, 0.717) is 15.6 Å². The predicted molar refractivity (Wildman–Crippen MR) is 95.3 cm³/mol. The fourth-order valence-corrected chi connectivity index (χ4v) is 2.73. The van der Waals surface area contributed by atoms with Gasteiger partial charge in [0.2, 0.25) is 5.91 Å². The minimum Gasteiger partial charge on any atom is -0.345 e. The molecule has 1 N–H and O–H groups in total. The molecule has 27 heavy (non-hydrogen) atoms. The van der Waals surface area contributed by atoms with Crippen molar-refractivity contribution in [3.8, 4) is 0 Å². The summed E-state index contributed by atoms with van der Waals surface area (Å²) in [7, 11) is 0. The number of rotatable bonds is 4. The van der Waals surface area contributed by atoms with Gasteiger partial charge in [0, 0.05) is 22.3 Å². The number of alkyl halides is 3. The van der Waals surface area contributed by atoms with Crippen molar-refractivity contribution in [3.63, 3.8) is 0 Å². The van der Waals surface area contributed by atoms with Crippen LogP contribution < -0.4 is 5.32 Å². The van der Waals surface area contributed by atoms with E-state index in [9.17, 15) is 18.0 Å². The fraction of sp³-hybridized carbons (Fsp3) is 0.118. The van der Waals surface area contributed by atoms with Crippen LogP contribution in [-0.2, 0) is 17.5 Å². The van der Waals surface area contributed by atoms with E-state index >= 15 is 0 Å². The zero-order valence-electron chi connectivity index (χ0n) is 13.5. The van der Waals surface area contributed by atoms with Gasteiger partial charge in [-0.25, -0.2) is 0 Å². The van der Waals surface area contributed by atoms with E-state index in [1.807, 2.05) is 0 Å². The van der Waals surface area contributed by atoms with Crippen LogP contribution in [0.2, 0.25) is 10.0 Å². The summed E-state index contributed by atoms with van der Waals surface area (Å²) < 4.78 is 39.7. The number of halogens is 5. The number of carbonyl (C=O) groups excluding carboxylic acids is 1. The van der Waals surface area contributed by atoms with Crippen molar-refractivity contribution in [2.45, 2.75) is 12.7 Å². The number of hydrogen-bond donors (Lipinski definition) is 1. The Bertz CT molecular complexity index is 1030. The normalized spacial score (nSPS) is 12.0. The van der Waals surface area contributed by atoms with E-state index in [1.54, 1.807) is 18.2 Å². The largest absolute Gasteiger partial charge is 0.417 e. The van der Waals surface area contributed by atoms with Crippen molar-refractivity contribution in [2.24, 2.45) is 0 Å². The first-order chi connectivity index (χ1) is 12.7. The second-order valence-electron chi connectivity index (χ2n) is 5.48. The highest BCUT2D eigenvalue weighted by molar-refractivity contribution is 6.35. The van der Waals surface area contributed by atoms with E-state index in [1.165, 1.54) is 22.6 Å². The molecule has 10 heteroatoms. The lowest BCUT2D eigenvalue weighted by atomic mass is 10.2. The van der Waals surface area contributed by atoms with Crippen LogP contribution in [0.4, 0.5) is 13.2 Å². The van der Waals surface area contributed by atoms with Gasteiger partial charge in [0.25, 0.3) is 0 Å². The van der Waals surface area contributed by atoms with E-state index in [-0.39, 0.29) is 18.0 Å². The van der Waals surface area contributed by atoms with E-state index in [2.05, 4.69) is 15.5 Å². The van der Waals surface area contributed by atoms with Gasteiger partial charge in [-0.1, -0.05) is 29.3 Å². The van der Waals surface area contributed by atoms with Crippen molar-refractivity contribution in [3.05, 3.63) is 69.6 Å². The minimum atomic E-state index is -4.49. The number of pyridine rings is 1. The summed E-state index contributed by atoms with van der Waals surface area (Å²) in [6.45, 7) is -0.0972. The Labute approximate surface area is 161 Å². The Morgan fingerprint density at radius 3 is 2.67 bits per heavy atom. The smallest absolute Gasteiger partial charge is 0.345 e. The molecule has 0 aliphatic rings. The number of hydrogen-bond acceptors (Lipinski definition) is 3. The average molecular weight is 415 g/mol. The number of amides is 1. The van der Waals surface area contributed by atoms with Crippen molar-refractivity contribution in [1.82, 2.24) is 19.9 Å². The summed E-state index contributed by atoms with van der Waals surface area (Å²) in [4.78, 5) is 11.9. The van der Waals surface area contributed by atoms with E-state index in [4.69, 9.17) is 23.2 Å². The third-order valence-corrected chi connectivity index (χ3v) is 4.16. The fourth-order valence-electron chi connectivity index (χ4n) is 2.25. The number of nitrogens with zero attached hydrogens (tertiary/aromatic N) is 3. The predicted octanol–water partition coefficient (Wildman–Crippen LogP) is 4.38. The molecule has 0 saturated heterocycles. The highest BCUT2D eigenvalue weighted by Crippen LogP contribution is 2.29. The molecule has 0 atom stereocenters. The first-order valence-electron chi connectivity index (χ1n) is 7.56. The lowest BCUT2D eigenvalue weighted by molar-refractivity contribution is -0.137. The van der Waals surface area contributed by atoms with Crippen LogP contribution in [0.1, 0.15) is 17.0 Å². The topological polar surface area (TPSA) is 59.3 Å². The molecule has 2 heterocycles. The van der Waals surface area contributed by atoms with Gasteiger partial charge in [0.1, 0.15) is 0 Å². The van der Waals surface area contributed by atoms with Gasteiger partial charge in [-0.2, -0.15) is 13.2 Å². The molecule has 0 radical (unpaired) electrons. The SMILES string of the molecule is O=C(/C=C/c1ccc(Cl)cc1Cl)NCc1nnc2ccc(C(F)(F)F)cn12. The van der Waals surface area contributed by atoms with Crippen molar-refractivity contribution in [2.75, 3.05) is 0 Å². The van der Waals surface area contributed by atoms with E-state index < -0.39 is 17.6 Å². The lowest BCUT2D eigenvalue weighted by Gasteiger charge is -2.07. The maximum atomic E-state index is 12.8. The van der Waals surface area contributed by atoms with Gasteiger partial charge in [-0.15, -0.1) is 10.2 Å². The van der Waals surface area contributed by atoms with Gasteiger partial charge in [-0.05, 0) is 35.9 Å². The maximum absolute atomic E-state index is 12.8. The number of fused-ring (bicyclic) bond motifs is 1.